The van der Waals surface area contributed by atoms with Crippen molar-refractivity contribution in [3.05, 3.63) is 100 Å². The zero-order chi connectivity index (χ0) is 26.5. The number of hydrogen-bond donors (Lipinski definition) is 1. The number of fused-ring (bicyclic) bond motifs is 1. The van der Waals surface area contributed by atoms with E-state index in [1.807, 2.05) is 18.3 Å². The van der Waals surface area contributed by atoms with Crippen LogP contribution in [-0.4, -0.2) is 31.8 Å². The molecule has 3 aromatic carbocycles. The maximum Gasteiger partial charge on any atom is 0.152 e. The molecule has 6 nitrogen and oxygen atoms in total. The van der Waals surface area contributed by atoms with Crippen molar-refractivity contribution in [2.75, 3.05) is 7.11 Å². The van der Waals surface area contributed by atoms with Crippen molar-refractivity contribution in [1.82, 2.24) is 24.6 Å². The number of imidazole rings is 1. The summed E-state index contributed by atoms with van der Waals surface area (Å²) in [5, 5.41) is 8.91. The van der Waals surface area contributed by atoms with E-state index in [1.165, 1.54) is 16.7 Å². The van der Waals surface area contributed by atoms with Crippen molar-refractivity contribution in [2.45, 2.75) is 52.9 Å². The first-order valence-corrected chi connectivity index (χ1v) is 13.5. The number of methoxy groups -OCH3 is 1. The molecule has 0 fully saturated rings. The third kappa shape index (κ3) is 5.77. The Hall–Kier alpha value is -3.61. The molecule has 2 heterocycles. The maximum absolute atomic E-state index is 6.90. The molecule has 5 aromatic rings. The van der Waals surface area contributed by atoms with E-state index in [9.17, 15) is 0 Å². The lowest BCUT2D eigenvalue weighted by atomic mass is 10.1. The van der Waals surface area contributed by atoms with E-state index >= 15 is 0 Å². The lowest BCUT2D eigenvalue weighted by Crippen LogP contribution is -2.24. The molecule has 0 unspecified atom stereocenters. The molecule has 0 saturated carbocycles. The van der Waals surface area contributed by atoms with Gasteiger partial charge in [-0.15, -0.1) is 0 Å². The number of benzene rings is 3. The Bertz CT molecular complexity index is 1520. The van der Waals surface area contributed by atoms with Crippen LogP contribution in [0.1, 0.15) is 42.1 Å². The number of halogens is 1. The van der Waals surface area contributed by atoms with Crippen molar-refractivity contribution < 1.29 is 4.74 Å². The SMILES string of the molecule is CCCCn1c(-c2ccccc2C)nc(Cl)c1CN(Cc1cccc(OC)c1)Cc1ccc2[nH]ncc2c1. The molecular formula is C31H34ClN5O. The Labute approximate surface area is 229 Å². The summed E-state index contributed by atoms with van der Waals surface area (Å²) in [4.78, 5) is 7.31. The molecular weight excluding hydrogens is 494 g/mol. The fourth-order valence-corrected chi connectivity index (χ4v) is 5.19. The lowest BCUT2D eigenvalue weighted by Gasteiger charge is -2.24. The maximum atomic E-state index is 6.90. The number of unbranched alkanes of at least 4 members (excludes halogenated alkanes) is 1. The first-order chi connectivity index (χ1) is 18.6. The van der Waals surface area contributed by atoms with Gasteiger partial charge >= 0.3 is 0 Å². The zero-order valence-corrected chi connectivity index (χ0v) is 23.0. The van der Waals surface area contributed by atoms with Gasteiger partial charge in [-0.25, -0.2) is 4.98 Å². The molecule has 0 atom stereocenters. The molecule has 1 N–H and O–H groups in total. The van der Waals surface area contributed by atoms with Crippen LogP contribution in [0.2, 0.25) is 5.15 Å². The Balaban J connectivity index is 1.52. The van der Waals surface area contributed by atoms with Gasteiger partial charge in [0, 0.05) is 37.1 Å². The largest absolute Gasteiger partial charge is 0.497 e. The van der Waals surface area contributed by atoms with Crippen LogP contribution in [-0.2, 0) is 26.2 Å². The molecule has 0 aliphatic heterocycles. The summed E-state index contributed by atoms with van der Waals surface area (Å²) < 4.78 is 7.82. The molecule has 196 valence electrons. The van der Waals surface area contributed by atoms with E-state index < -0.39 is 0 Å². The van der Waals surface area contributed by atoms with Gasteiger partial charge in [-0.2, -0.15) is 5.10 Å². The van der Waals surface area contributed by atoms with Crippen LogP contribution in [0.25, 0.3) is 22.3 Å². The summed E-state index contributed by atoms with van der Waals surface area (Å²) in [6.45, 7) is 7.39. The molecule has 5 rings (SSSR count). The van der Waals surface area contributed by atoms with Crippen LogP contribution in [0.5, 0.6) is 5.75 Å². The predicted molar refractivity (Wildman–Crippen MR) is 154 cm³/mol. The highest BCUT2D eigenvalue weighted by atomic mass is 35.5. The van der Waals surface area contributed by atoms with Gasteiger partial charge in [-0.1, -0.05) is 67.4 Å². The van der Waals surface area contributed by atoms with Gasteiger partial charge in [0.1, 0.15) is 11.6 Å². The number of ether oxygens (including phenoxy) is 1. The minimum atomic E-state index is 0.570. The van der Waals surface area contributed by atoms with Crippen molar-refractivity contribution >= 4 is 22.5 Å². The van der Waals surface area contributed by atoms with Gasteiger partial charge in [0.2, 0.25) is 0 Å². The molecule has 0 aliphatic rings. The van der Waals surface area contributed by atoms with Crippen molar-refractivity contribution in [2.24, 2.45) is 0 Å². The van der Waals surface area contributed by atoms with Crippen LogP contribution in [0, 0.1) is 6.92 Å². The van der Waals surface area contributed by atoms with Crippen LogP contribution >= 0.6 is 11.6 Å². The predicted octanol–water partition coefficient (Wildman–Crippen LogP) is 7.40. The summed E-state index contributed by atoms with van der Waals surface area (Å²) in [6, 6.07) is 23.1. The van der Waals surface area contributed by atoms with Crippen LogP contribution in [0.15, 0.2) is 72.9 Å². The zero-order valence-electron chi connectivity index (χ0n) is 22.2. The van der Waals surface area contributed by atoms with E-state index in [4.69, 9.17) is 21.3 Å². The van der Waals surface area contributed by atoms with E-state index in [2.05, 4.69) is 88.1 Å². The Kier molecular flexibility index (Phi) is 8.11. The molecule has 2 aromatic heterocycles. The van der Waals surface area contributed by atoms with E-state index in [1.54, 1.807) is 7.11 Å². The highest BCUT2D eigenvalue weighted by Crippen LogP contribution is 2.30. The fourth-order valence-electron chi connectivity index (χ4n) is 4.95. The molecule has 0 aliphatic carbocycles. The summed E-state index contributed by atoms with van der Waals surface area (Å²) in [6.07, 6.45) is 4.03. The summed E-state index contributed by atoms with van der Waals surface area (Å²) in [5.74, 6) is 1.80. The second-order valence-corrected chi connectivity index (χ2v) is 10.1. The molecule has 0 bridgehead atoms. The normalized spacial score (nSPS) is 11.5. The summed E-state index contributed by atoms with van der Waals surface area (Å²) in [5.41, 5.74) is 6.81. The standard InChI is InChI=1S/C31H34ClN5O/c1-4-5-15-37-29(30(32)34-31(37)27-12-7-6-9-22(27)2)21-36(19-23-10-8-11-26(17-23)38-3)20-24-13-14-28-25(16-24)18-33-35-28/h6-14,16-18H,4-5,15,19-21H2,1-3H3,(H,33,35). The number of rotatable bonds is 11. The number of aromatic nitrogens is 4. The fraction of sp³-hybridized carbons (Fsp3) is 0.290. The average molecular weight is 528 g/mol. The number of nitrogens with one attached hydrogen (secondary N) is 1. The van der Waals surface area contributed by atoms with Gasteiger partial charge in [0.25, 0.3) is 0 Å². The van der Waals surface area contributed by atoms with Crippen LogP contribution in [0.3, 0.4) is 0 Å². The van der Waals surface area contributed by atoms with E-state index in [-0.39, 0.29) is 0 Å². The van der Waals surface area contributed by atoms with Gasteiger partial charge in [0.15, 0.2) is 5.15 Å². The second kappa shape index (κ2) is 11.8. The van der Waals surface area contributed by atoms with Crippen LogP contribution < -0.4 is 4.74 Å². The van der Waals surface area contributed by atoms with Crippen molar-refractivity contribution in [3.63, 3.8) is 0 Å². The summed E-state index contributed by atoms with van der Waals surface area (Å²) in [7, 11) is 1.70. The first-order valence-electron chi connectivity index (χ1n) is 13.1. The Morgan fingerprint density at radius 1 is 0.974 bits per heavy atom. The molecule has 0 amide bonds. The first kappa shape index (κ1) is 26.0. The third-order valence-electron chi connectivity index (χ3n) is 6.97. The minimum absolute atomic E-state index is 0.570. The van der Waals surface area contributed by atoms with Gasteiger partial charge < -0.3 is 9.30 Å². The number of H-pyrrole nitrogens is 1. The number of aromatic amines is 1. The van der Waals surface area contributed by atoms with Gasteiger partial charge in [0.05, 0.1) is 24.5 Å². The van der Waals surface area contributed by atoms with Gasteiger partial charge in [-0.05, 0) is 54.3 Å². The topological polar surface area (TPSA) is 59.0 Å². The van der Waals surface area contributed by atoms with Crippen LogP contribution in [0.4, 0.5) is 0 Å². The number of aryl methyl sites for hydroxylation is 1. The molecule has 0 radical (unpaired) electrons. The minimum Gasteiger partial charge on any atom is -0.497 e. The molecule has 7 heteroatoms. The van der Waals surface area contributed by atoms with Crippen molar-refractivity contribution in [1.29, 1.82) is 0 Å². The second-order valence-electron chi connectivity index (χ2n) is 9.78. The number of nitrogens with zero attached hydrogens (tertiary/aromatic N) is 4. The quantitative estimate of drug-likeness (QED) is 0.194. The monoisotopic (exact) mass is 527 g/mol. The highest BCUT2D eigenvalue weighted by molar-refractivity contribution is 6.30. The molecule has 0 spiro atoms. The smallest absolute Gasteiger partial charge is 0.152 e. The Morgan fingerprint density at radius 3 is 2.58 bits per heavy atom. The van der Waals surface area contributed by atoms with Gasteiger partial charge in [-0.3, -0.25) is 10.00 Å². The highest BCUT2D eigenvalue weighted by Gasteiger charge is 2.21. The molecule has 38 heavy (non-hydrogen) atoms. The number of hydrogen-bond acceptors (Lipinski definition) is 4. The summed E-state index contributed by atoms with van der Waals surface area (Å²) >= 11 is 6.90. The molecule has 0 saturated heterocycles. The van der Waals surface area contributed by atoms with Crippen molar-refractivity contribution in [3.8, 4) is 17.1 Å². The van der Waals surface area contributed by atoms with E-state index in [0.717, 1.165) is 66.2 Å². The third-order valence-corrected chi connectivity index (χ3v) is 7.27. The van der Waals surface area contributed by atoms with E-state index in [0.29, 0.717) is 11.7 Å². The lowest BCUT2D eigenvalue weighted by molar-refractivity contribution is 0.241. The Morgan fingerprint density at radius 2 is 1.79 bits per heavy atom. The average Bonchev–Trinajstić information content (AvgIpc) is 3.51.